The maximum absolute atomic E-state index is 13.0. The van der Waals surface area contributed by atoms with Crippen LogP contribution in [0.15, 0.2) is 17.5 Å². The Balaban J connectivity index is 0.00000243. The van der Waals surface area contributed by atoms with Gasteiger partial charge in [0.05, 0.1) is 6.10 Å². The molecule has 1 heterocycles. The Morgan fingerprint density at radius 3 is 2.58 bits per heavy atom. The van der Waals surface area contributed by atoms with E-state index in [1.165, 1.54) is 24.1 Å². The Labute approximate surface area is 167 Å². The molecule has 4 nitrogen and oxygen atoms in total. The summed E-state index contributed by atoms with van der Waals surface area (Å²) in [5, 5.41) is 5.37. The topological polar surface area (TPSA) is 64.3 Å². The number of thiophene rings is 1. The Hall–Kier alpha value is -0.620. The first kappa shape index (κ1) is 21.7. The van der Waals surface area contributed by atoms with Gasteiger partial charge < -0.3 is 15.8 Å². The molecule has 2 aliphatic carbocycles. The van der Waals surface area contributed by atoms with Crippen LogP contribution in [0.3, 0.4) is 0 Å². The Kier molecular flexibility index (Phi) is 6.81. The summed E-state index contributed by atoms with van der Waals surface area (Å²) in [5.74, 6) is -0.0186. The lowest BCUT2D eigenvalue weighted by Crippen LogP contribution is -2.76. The highest BCUT2D eigenvalue weighted by Crippen LogP contribution is 2.50. The molecule has 2 fully saturated rings. The SMILES string of the molecule is CCOC1CC(N)(C(=O)NCC2(c3cccs3)CCCCC2)C1(C)C.Cl. The van der Waals surface area contributed by atoms with Gasteiger partial charge >= 0.3 is 0 Å². The second-order valence-corrected chi connectivity index (χ2v) is 9.29. The van der Waals surface area contributed by atoms with Gasteiger partial charge in [0.25, 0.3) is 0 Å². The quantitative estimate of drug-likeness (QED) is 0.757. The van der Waals surface area contributed by atoms with E-state index in [2.05, 4.69) is 22.8 Å². The van der Waals surface area contributed by atoms with Crippen molar-refractivity contribution in [3.05, 3.63) is 22.4 Å². The van der Waals surface area contributed by atoms with Gasteiger partial charge in [0.1, 0.15) is 5.54 Å². The van der Waals surface area contributed by atoms with E-state index >= 15 is 0 Å². The number of carbonyl (C=O) groups excluding carboxylic acids is 1. The number of ether oxygens (including phenoxy) is 1. The van der Waals surface area contributed by atoms with Crippen LogP contribution in [0.25, 0.3) is 0 Å². The maximum atomic E-state index is 13.0. The van der Waals surface area contributed by atoms with E-state index in [1.54, 1.807) is 0 Å². The van der Waals surface area contributed by atoms with Crippen molar-refractivity contribution in [1.82, 2.24) is 5.32 Å². The fourth-order valence-corrected chi connectivity index (χ4v) is 5.53. The number of halogens is 1. The molecular weight excluding hydrogens is 368 g/mol. The second-order valence-electron chi connectivity index (χ2n) is 8.34. The van der Waals surface area contributed by atoms with E-state index < -0.39 is 5.54 Å². The van der Waals surface area contributed by atoms with E-state index in [0.717, 1.165) is 12.8 Å². The van der Waals surface area contributed by atoms with Crippen LogP contribution < -0.4 is 11.1 Å². The maximum Gasteiger partial charge on any atom is 0.240 e. The summed E-state index contributed by atoms with van der Waals surface area (Å²) in [7, 11) is 0. The minimum atomic E-state index is -0.835. The van der Waals surface area contributed by atoms with Crippen molar-refractivity contribution in [2.24, 2.45) is 11.1 Å². The zero-order chi connectivity index (χ0) is 18.1. The first-order valence-corrected chi connectivity index (χ1v) is 10.5. The first-order chi connectivity index (χ1) is 11.9. The minimum Gasteiger partial charge on any atom is -0.378 e. The third-order valence-corrected chi connectivity index (χ3v) is 7.79. The van der Waals surface area contributed by atoms with Crippen LogP contribution in [0.2, 0.25) is 0 Å². The van der Waals surface area contributed by atoms with Crippen molar-refractivity contribution in [2.45, 2.75) is 76.4 Å². The molecule has 3 rings (SSSR count). The van der Waals surface area contributed by atoms with Crippen LogP contribution in [-0.4, -0.2) is 30.7 Å². The standard InChI is InChI=1S/C20H32N2O2S.ClH/c1-4-24-15-13-20(21,18(15,2)3)17(23)22-14-19(10-6-5-7-11-19)16-9-8-12-25-16;/h8-9,12,15H,4-7,10-11,13-14,21H2,1-3H3,(H,22,23);1H. The van der Waals surface area contributed by atoms with Crippen molar-refractivity contribution < 1.29 is 9.53 Å². The normalized spacial score (nSPS) is 29.3. The second kappa shape index (κ2) is 8.17. The van der Waals surface area contributed by atoms with Crippen molar-refractivity contribution in [3.63, 3.8) is 0 Å². The Morgan fingerprint density at radius 1 is 1.35 bits per heavy atom. The van der Waals surface area contributed by atoms with Gasteiger partial charge in [-0.1, -0.05) is 39.2 Å². The van der Waals surface area contributed by atoms with Crippen molar-refractivity contribution in [1.29, 1.82) is 0 Å². The van der Waals surface area contributed by atoms with Gasteiger partial charge in [-0.2, -0.15) is 0 Å². The third kappa shape index (κ3) is 3.56. The molecule has 148 valence electrons. The monoisotopic (exact) mass is 400 g/mol. The van der Waals surface area contributed by atoms with E-state index in [0.29, 0.717) is 19.6 Å². The molecule has 1 amide bonds. The van der Waals surface area contributed by atoms with Gasteiger partial charge in [-0.15, -0.1) is 23.7 Å². The zero-order valence-corrected chi connectivity index (χ0v) is 17.8. The predicted octanol–water partition coefficient (Wildman–Crippen LogP) is 4.02. The molecular formula is C20H33ClN2O2S. The highest BCUT2D eigenvalue weighted by molar-refractivity contribution is 7.10. The highest BCUT2D eigenvalue weighted by atomic mass is 35.5. The lowest BCUT2D eigenvalue weighted by atomic mass is 9.54. The molecule has 0 saturated heterocycles. The minimum absolute atomic E-state index is 0. The lowest BCUT2D eigenvalue weighted by Gasteiger charge is -2.57. The number of carbonyl (C=O) groups is 1. The summed E-state index contributed by atoms with van der Waals surface area (Å²) < 4.78 is 5.75. The number of amides is 1. The molecule has 2 saturated carbocycles. The number of hydrogen-bond donors (Lipinski definition) is 2. The van der Waals surface area contributed by atoms with Gasteiger partial charge in [-0.25, -0.2) is 0 Å². The van der Waals surface area contributed by atoms with E-state index in [-0.39, 0.29) is 35.2 Å². The Bertz CT molecular complexity index is 599. The lowest BCUT2D eigenvalue weighted by molar-refractivity contribution is -0.170. The average Bonchev–Trinajstić information content (AvgIpc) is 3.15. The average molecular weight is 401 g/mol. The zero-order valence-electron chi connectivity index (χ0n) is 16.2. The summed E-state index contributed by atoms with van der Waals surface area (Å²) in [6, 6.07) is 4.34. The van der Waals surface area contributed by atoms with Crippen LogP contribution in [0, 0.1) is 5.41 Å². The molecule has 0 spiro atoms. The number of rotatable bonds is 6. The molecule has 0 radical (unpaired) electrons. The molecule has 2 aliphatic rings. The van der Waals surface area contributed by atoms with Crippen molar-refractivity contribution in [2.75, 3.05) is 13.2 Å². The molecule has 1 aromatic heterocycles. The molecule has 6 heteroatoms. The summed E-state index contributed by atoms with van der Waals surface area (Å²) in [6.45, 7) is 7.44. The van der Waals surface area contributed by atoms with Crippen LogP contribution in [0.4, 0.5) is 0 Å². The van der Waals surface area contributed by atoms with Crippen LogP contribution in [-0.2, 0) is 14.9 Å². The van der Waals surface area contributed by atoms with Gasteiger partial charge in [0, 0.05) is 35.3 Å². The molecule has 0 aliphatic heterocycles. The van der Waals surface area contributed by atoms with Gasteiger partial charge in [0.2, 0.25) is 5.91 Å². The number of nitrogens with two attached hydrogens (primary N) is 1. The summed E-state index contributed by atoms with van der Waals surface area (Å²) in [5.41, 5.74) is 5.45. The van der Waals surface area contributed by atoms with Crippen molar-refractivity contribution >= 4 is 29.7 Å². The molecule has 2 atom stereocenters. The highest BCUT2D eigenvalue weighted by Gasteiger charge is 2.63. The van der Waals surface area contributed by atoms with E-state index in [9.17, 15) is 4.79 Å². The van der Waals surface area contributed by atoms with E-state index in [1.807, 2.05) is 32.1 Å². The fourth-order valence-electron chi connectivity index (χ4n) is 4.55. The van der Waals surface area contributed by atoms with Gasteiger partial charge in [-0.3, -0.25) is 4.79 Å². The molecule has 0 bridgehead atoms. The van der Waals surface area contributed by atoms with Gasteiger partial charge in [0.15, 0.2) is 0 Å². The Morgan fingerprint density at radius 2 is 2.04 bits per heavy atom. The molecule has 3 N–H and O–H groups in total. The molecule has 2 unspecified atom stereocenters. The van der Waals surface area contributed by atoms with E-state index in [4.69, 9.17) is 10.5 Å². The predicted molar refractivity (Wildman–Crippen MR) is 110 cm³/mol. The summed E-state index contributed by atoms with van der Waals surface area (Å²) in [6.07, 6.45) is 6.73. The number of nitrogens with one attached hydrogen (secondary N) is 1. The number of hydrogen-bond acceptors (Lipinski definition) is 4. The fraction of sp³-hybridized carbons (Fsp3) is 0.750. The van der Waals surface area contributed by atoms with Crippen LogP contribution in [0.1, 0.15) is 64.2 Å². The third-order valence-electron chi connectivity index (χ3n) is 6.68. The first-order valence-electron chi connectivity index (χ1n) is 9.58. The summed E-state index contributed by atoms with van der Waals surface area (Å²) in [4.78, 5) is 14.4. The smallest absolute Gasteiger partial charge is 0.240 e. The largest absolute Gasteiger partial charge is 0.378 e. The van der Waals surface area contributed by atoms with Crippen molar-refractivity contribution in [3.8, 4) is 0 Å². The summed E-state index contributed by atoms with van der Waals surface area (Å²) >= 11 is 1.81. The molecule has 1 aromatic rings. The van der Waals surface area contributed by atoms with Crippen LogP contribution in [0.5, 0.6) is 0 Å². The van der Waals surface area contributed by atoms with Gasteiger partial charge in [-0.05, 0) is 31.2 Å². The molecule has 0 aromatic carbocycles. The van der Waals surface area contributed by atoms with Crippen LogP contribution >= 0.6 is 23.7 Å². The molecule has 26 heavy (non-hydrogen) atoms.